The zero-order valence-corrected chi connectivity index (χ0v) is 11.5. The Morgan fingerprint density at radius 3 is 2.48 bits per heavy atom. The van der Waals surface area contributed by atoms with Crippen LogP contribution in [0.15, 0.2) is 60.7 Å². The highest BCUT2D eigenvalue weighted by Crippen LogP contribution is 2.31. The summed E-state index contributed by atoms with van der Waals surface area (Å²) in [7, 11) is 0. The van der Waals surface area contributed by atoms with E-state index in [0.717, 1.165) is 10.8 Å². The lowest BCUT2D eigenvalue weighted by atomic mass is 10.1. The number of ether oxygens (including phenoxy) is 1. The maximum Gasteiger partial charge on any atom is 0.166 e. The molecule has 104 valence electrons. The fourth-order valence-corrected chi connectivity index (χ4v) is 2.21. The van der Waals surface area contributed by atoms with Gasteiger partial charge in [0.1, 0.15) is 5.75 Å². The first-order chi connectivity index (χ1) is 10.1. The highest BCUT2D eigenvalue weighted by atomic mass is 19.1. The number of ketones is 1. The summed E-state index contributed by atoms with van der Waals surface area (Å²) >= 11 is 0. The molecule has 0 heterocycles. The van der Waals surface area contributed by atoms with Gasteiger partial charge in [-0.3, -0.25) is 4.79 Å². The Labute approximate surface area is 121 Å². The number of hydrogen-bond donors (Lipinski definition) is 0. The first kappa shape index (κ1) is 13.3. The Kier molecular flexibility index (Phi) is 3.40. The number of carbonyl (C=O) groups excluding carboxylic acids is 1. The summed E-state index contributed by atoms with van der Waals surface area (Å²) in [6.07, 6.45) is 0. The van der Waals surface area contributed by atoms with Gasteiger partial charge in [-0.25, -0.2) is 4.39 Å². The van der Waals surface area contributed by atoms with Gasteiger partial charge < -0.3 is 4.74 Å². The van der Waals surface area contributed by atoms with E-state index in [4.69, 9.17) is 4.74 Å². The Bertz CT molecular complexity index is 819. The standard InChI is InChI=1S/C18H13FO2/c1-12(20)14-9-10-18(16(19)11-14)21-17-8-4-6-13-5-2-3-7-15(13)17/h2-11H,1H3. The van der Waals surface area contributed by atoms with Crippen molar-refractivity contribution in [2.45, 2.75) is 6.92 Å². The lowest BCUT2D eigenvalue weighted by Crippen LogP contribution is -1.95. The molecule has 3 heteroatoms. The molecule has 0 fully saturated rings. The first-order valence-corrected chi connectivity index (χ1v) is 6.61. The molecule has 0 saturated carbocycles. The fourth-order valence-electron chi connectivity index (χ4n) is 2.21. The van der Waals surface area contributed by atoms with E-state index in [0.29, 0.717) is 11.3 Å². The average molecular weight is 280 g/mol. The van der Waals surface area contributed by atoms with Crippen molar-refractivity contribution in [1.29, 1.82) is 0 Å². The van der Waals surface area contributed by atoms with Gasteiger partial charge in [-0.15, -0.1) is 0 Å². The van der Waals surface area contributed by atoms with Gasteiger partial charge in [0.2, 0.25) is 0 Å². The second-order valence-corrected chi connectivity index (χ2v) is 4.78. The van der Waals surface area contributed by atoms with E-state index >= 15 is 0 Å². The van der Waals surface area contributed by atoms with Gasteiger partial charge in [0.05, 0.1) is 0 Å². The summed E-state index contributed by atoms with van der Waals surface area (Å²) in [4.78, 5) is 11.2. The second kappa shape index (κ2) is 5.37. The van der Waals surface area contributed by atoms with E-state index in [1.54, 1.807) is 12.1 Å². The molecule has 0 spiro atoms. The molecule has 0 amide bonds. The van der Waals surface area contributed by atoms with Crippen molar-refractivity contribution in [3.63, 3.8) is 0 Å². The second-order valence-electron chi connectivity index (χ2n) is 4.78. The van der Waals surface area contributed by atoms with Crippen molar-refractivity contribution >= 4 is 16.6 Å². The van der Waals surface area contributed by atoms with Gasteiger partial charge in [0.25, 0.3) is 0 Å². The summed E-state index contributed by atoms with van der Waals surface area (Å²) < 4.78 is 19.7. The summed E-state index contributed by atoms with van der Waals surface area (Å²) in [5, 5.41) is 1.94. The molecule has 0 bridgehead atoms. The molecule has 3 aromatic rings. The Hall–Kier alpha value is -2.68. The van der Waals surface area contributed by atoms with Crippen LogP contribution < -0.4 is 4.74 Å². The number of benzene rings is 3. The Morgan fingerprint density at radius 1 is 0.952 bits per heavy atom. The minimum atomic E-state index is -0.546. The Balaban J connectivity index is 2.01. The number of Topliss-reactive ketones (excluding diaryl/α,β-unsaturated/α-hetero) is 1. The average Bonchev–Trinajstić information content (AvgIpc) is 2.49. The van der Waals surface area contributed by atoms with Crippen molar-refractivity contribution < 1.29 is 13.9 Å². The van der Waals surface area contributed by atoms with Crippen LogP contribution in [-0.2, 0) is 0 Å². The number of carbonyl (C=O) groups is 1. The van der Waals surface area contributed by atoms with Crippen LogP contribution in [0.4, 0.5) is 4.39 Å². The van der Waals surface area contributed by atoms with Crippen molar-refractivity contribution in [2.24, 2.45) is 0 Å². The maximum absolute atomic E-state index is 14.0. The van der Waals surface area contributed by atoms with E-state index < -0.39 is 5.82 Å². The third-order valence-corrected chi connectivity index (χ3v) is 3.31. The van der Waals surface area contributed by atoms with Crippen LogP contribution in [0, 0.1) is 5.82 Å². The molecule has 0 unspecified atom stereocenters. The number of fused-ring (bicyclic) bond motifs is 1. The van der Waals surface area contributed by atoms with E-state index in [1.807, 2.05) is 36.4 Å². The van der Waals surface area contributed by atoms with Gasteiger partial charge in [-0.2, -0.15) is 0 Å². The highest BCUT2D eigenvalue weighted by molar-refractivity contribution is 5.94. The molecular formula is C18H13FO2. The van der Waals surface area contributed by atoms with Crippen LogP contribution in [0.2, 0.25) is 0 Å². The molecular weight excluding hydrogens is 267 g/mol. The van der Waals surface area contributed by atoms with Gasteiger partial charge in [0.15, 0.2) is 17.3 Å². The summed E-state index contributed by atoms with van der Waals surface area (Å²) in [6, 6.07) is 17.6. The molecule has 3 aromatic carbocycles. The molecule has 0 radical (unpaired) electrons. The van der Waals surface area contributed by atoms with Crippen LogP contribution >= 0.6 is 0 Å². The molecule has 0 saturated heterocycles. The quantitative estimate of drug-likeness (QED) is 0.633. The molecule has 0 aromatic heterocycles. The SMILES string of the molecule is CC(=O)c1ccc(Oc2cccc3ccccc23)c(F)c1. The zero-order valence-electron chi connectivity index (χ0n) is 11.5. The topological polar surface area (TPSA) is 26.3 Å². The molecule has 2 nitrogen and oxygen atoms in total. The predicted molar refractivity (Wildman–Crippen MR) is 80.4 cm³/mol. The largest absolute Gasteiger partial charge is 0.454 e. The minimum Gasteiger partial charge on any atom is -0.454 e. The van der Waals surface area contributed by atoms with E-state index in [9.17, 15) is 9.18 Å². The smallest absolute Gasteiger partial charge is 0.166 e. The first-order valence-electron chi connectivity index (χ1n) is 6.61. The lowest BCUT2D eigenvalue weighted by Gasteiger charge is -2.10. The monoisotopic (exact) mass is 280 g/mol. The number of hydrogen-bond acceptors (Lipinski definition) is 2. The predicted octanol–water partition coefficient (Wildman–Crippen LogP) is 4.97. The third kappa shape index (κ3) is 2.63. The lowest BCUT2D eigenvalue weighted by molar-refractivity contribution is 0.101. The van der Waals surface area contributed by atoms with Gasteiger partial charge >= 0.3 is 0 Å². The molecule has 21 heavy (non-hydrogen) atoms. The van der Waals surface area contributed by atoms with E-state index in [2.05, 4.69) is 0 Å². The molecule has 3 rings (SSSR count). The van der Waals surface area contributed by atoms with E-state index in [-0.39, 0.29) is 11.5 Å². The third-order valence-electron chi connectivity index (χ3n) is 3.31. The minimum absolute atomic E-state index is 0.108. The van der Waals surface area contributed by atoms with Crippen LogP contribution in [0.25, 0.3) is 10.8 Å². The normalized spacial score (nSPS) is 10.6. The molecule has 0 aliphatic rings. The van der Waals surface area contributed by atoms with Gasteiger partial charge in [0, 0.05) is 10.9 Å². The van der Waals surface area contributed by atoms with E-state index in [1.165, 1.54) is 19.1 Å². The zero-order chi connectivity index (χ0) is 14.8. The number of rotatable bonds is 3. The van der Waals surface area contributed by atoms with Crippen molar-refractivity contribution in [3.05, 3.63) is 72.0 Å². The van der Waals surface area contributed by atoms with Gasteiger partial charge in [-0.1, -0.05) is 36.4 Å². The van der Waals surface area contributed by atoms with Crippen molar-refractivity contribution in [2.75, 3.05) is 0 Å². The molecule has 0 atom stereocenters. The van der Waals surface area contributed by atoms with Gasteiger partial charge in [-0.05, 0) is 36.6 Å². The summed E-state index contributed by atoms with van der Waals surface area (Å²) in [5.41, 5.74) is 0.331. The highest BCUT2D eigenvalue weighted by Gasteiger charge is 2.10. The Morgan fingerprint density at radius 2 is 1.71 bits per heavy atom. The molecule has 0 aliphatic heterocycles. The van der Waals surface area contributed by atoms with Crippen molar-refractivity contribution in [3.8, 4) is 11.5 Å². The van der Waals surface area contributed by atoms with Crippen LogP contribution in [0.5, 0.6) is 11.5 Å². The van der Waals surface area contributed by atoms with Crippen molar-refractivity contribution in [1.82, 2.24) is 0 Å². The van der Waals surface area contributed by atoms with Crippen LogP contribution in [0.1, 0.15) is 17.3 Å². The molecule has 0 aliphatic carbocycles. The summed E-state index contributed by atoms with van der Waals surface area (Å²) in [6.45, 7) is 1.40. The maximum atomic E-state index is 14.0. The molecule has 0 N–H and O–H groups in total. The fraction of sp³-hybridized carbons (Fsp3) is 0.0556. The van der Waals surface area contributed by atoms with Crippen LogP contribution in [0.3, 0.4) is 0 Å². The summed E-state index contributed by atoms with van der Waals surface area (Å²) in [5.74, 6) is -0.0276. The number of halogens is 1. The van der Waals surface area contributed by atoms with Crippen LogP contribution in [-0.4, -0.2) is 5.78 Å².